The van der Waals surface area contributed by atoms with E-state index in [1.807, 2.05) is 19.1 Å². The number of hydrogen-bond acceptors (Lipinski definition) is 7. The summed E-state index contributed by atoms with van der Waals surface area (Å²) >= 11 is 0. The van der Waals surface area contributed by atoms with Crippen molar-refractivity contribution >= 4 is 28.7 Å². The molecule has 146 valence electrons. The lowest BCUT2D eigenvalue weighted by molar-refractivity contribution is -0.119. The van der Waals surface area contributed by atoms with Gasteiger partial charge in [-0.15, -0.1) is 0 Å². The Morgan fingerprint density at radius 2 is 1.93 bits per heavy atom. The van der Waals surface area contributed by atoms with Gasteiger partial charge in [-0.25, -0.2) is 9.78 Å². The number of esters is 1. The second kappa shape index (κ2) is 7.59. The predicted octanol–water partition coefficient (Wildman–Crippen LogP) is 3.90. The highest BCUT2D eigenvalue weighted by Gasteiger charge is 2.22. The van der Waals surface area contributed by atoms with Crippen LogP contribution in [-0.4, -0.2) is 28.6 Å². The van der Waals surface area contributed by atoms with Crippen LogP contribution in [0.2, 0.25) is 0 Å². The molecule has 0 saturated heterocycles. The summed E-state index contributed by atoms with van der Waals surface area (Å²) in [7, 11) is 0. The van der Waals surface area contributed by atoms with Crippen molar-refractivity contribution in [1.82, 2.24) is 10.1 Å². The maximum absolute atomic E-state index is 12.7. The fourth-order valence-electron chi connectivity index (χ4n) is 2.85. The molecule has 0 saturated carbocycles. The number of fused-ring (bicyclic) bond motifs is 1. The fourth-order valence-corrected chi connectivity index (χ4v) is 2.85. The molecule has 4 rings (SSSR count). The molecule has 8 nitrogen and oxygen atoms in total. The first-order chi connectivity index (χ1) is 14.0. The molecule has 1 aromatic carbocycles. The van der Waals surface area contributed by atoms with Crippen molar-refractivity contribution in [2.24, 2.45) is 0 Å². The summed E-state index contributed by atoms with van der Waals surface area (Å²) < 4.78 is 15.8. The molecule has 3 heterocycles. The highest BCUT2D eigenvalue weighted by atomic mass is 16.5. The Morgan fingerprint density at radius 3 is 2.66 bits per heavy atom. The molecule has 0 unspecified atom stereocenters. The SMILES string of the molecule is Cc1ccc(NC(=O)COC(=O)c2cc(-c3ccco3)nc3onc(C)c23)cc1. The maximum Gasteiger partial charge on any atom is 0.339 e. The number of anilines is 1. The summed E-state index contributed by atoms with van der Waals surface area (Å²) in [6.45, 7) is 3.21. The highest BCUT2D eigenvalue weighted by Crippen LogP contribution is 2.27. The average molecular weight is 391 g/mol. The summed E-state index contributed by atoms with van der Waals surface area (Å²) in [6.07, 6.45) is 1.50. The van der Waals surface area contributed by atoms with Gasteiger partial charge < -0.3 is 19.0 Å². The Bertz CT molecular complexity index is 1180. The Hall–Kier alpha value is -3.94. The largest absolute Gasteiger partial charge is 0.463 e. The smallest absolute Gasteiger partial charge is 0.339 e. The maximum atomic E-state index is 12.7. The minimum Gasteiger partial charge on any atom is -0.463 e. The van der Waals surface area contributed by atoms with Gasteiger partial charge in [0, 0.05) is 5.69 Å². The zero-order valence-electron chi connectivity index (χ0n) is 15.8. The molecular weight excluding hydrogens is 374 g/mol. The third-order valence-corrected chi connectivity index (χ3v) is 4.28. The molecule has 0 atom stereocenters. The number of nitrogens with one attached hydrogen (secondary N) is 1. The highest BCUT2D eigenvalue weighted by molar-refractivity contribution is 6.05. The summed E-state index contributed by atoms with van der Waals surface area (Å²) in [5.41, 5.74) is 2.98. The van der Waals surface area contributed by atoms with E-state index >= 15 is 0 Å². The second-order valence-electron chi connectivity index (χ2n) is 6.47. The summed E-state index contributed by atoms with van der Waals surface area (Å²) in [4.78, 5) is 29.2. The number of aryl methyl sites for hydroxylation is 2. The van der Waals surface area contributed by atoms with Gasteiger partial charge in [0.2, 0.25) is 0 Å². The number of hydrogen-bond donors (Lipinski definition) is 1. The Balaban J connectivity index is 1.54. The first kappa shape index (κ1) is 18.4. The number of carbonyl (C=O) groups is 2. The van der Waals surface area contributed by atoms with Crippen LogP contribution in [0.3, 0.4) is 0 Å². The standard InChI is InChI=1S/C21H17N3O5/c1-12-5-7-14(8-6-12)22-18(25)11-28-21(26)15-10-16(17-4-3-9-27-17)23-20-19(15)13(2)24-29-20/h3-10H,11H2,1-2H3,(H,22,25). The Kier molecular flexibility index (Phi) is 4.82. The van der Waals surface area contributed by atoms with Crippen molar-refractivity contribution in [3.8, 4) is 11.5 Å². The monoisotopic (exact) mass is 391 g/mol. The van der Waals surface area contributed by atoms with Crippen molar-refractivity contribution in [3.05, 3.63) is 65.5 Å². The second-order valence-corrected chi connectivity index (χ2v) is 6.47. The average Bonchev–Trinajstić information content (AvgIpc) is 3.38. The van der Waals surface area contributed by atoms with Crippen LogP contribution in [-0.2, 0) is 9.53 Å². The number of rotatable bonds is 5. The zero-order chi connectivity index (χ0) is 20.4. The molecule has 0 fully saturated rings. The molecule has 0 spiro atoms. The van der Waals surface area contributed by atoms with Gasteiger partial charge in [-0.1, -0.05) is 22.9 Å². The minimum absolute atomic E-state index is 0.187. The minimum atomic E-state index is -0.685. The quantitative estimate of drug-likeness (QED) is 0.514. The van der Waals surface area contributed by atoms with E-state index in [9.17, 15) is 9.59 Å². The molecular formula is C21H17N3O5. The van der Waals surface area contributed by atoms with Crippen LogP contribution >= 0.6 is 0 Å². The number of furan rings is 1. The van der Waals surface area contributed by atoms with Crippen LogP contribution in [0.5, 0.6) is 0 Å². The number of carbonyl (C=O) groups excluding carboxylic acids is 2. The molecule has 1 amide bonds. The Labute approximate surface area is 165 Å². The van der Waals surface area contributed by atoms with Gasteiger partial charge in [0.05, 0.1) is 22.9 Å². The molecule has 4 aromatic rings. The summed E-state index contributed by atoms with van der Waals surface area (Å²) in [5, 5.41) is 6.98. The molecule has 1 N–H and O–H groups in total. The van der Waals surface area contributed by atoms with Crippen molar-refractivity contribution in [2.75, 3.05) is 11.9 Å². The lowest BCUT2D eigenvalue weighted by Crippen LogP contribution is -2.21. The van der Waals surface area contributed by atoms with E-state index in [2.05, 4.69) is 15.5 Å². The number of pyridine rings is 1. The van der Waals surface area contributed by atoms with E-state index in [-0.39, 0.29) is 11.3 Å². The topological polar surface area (TPSA) is 107 Å². The van der Waals surface area contributed by atoms with E-state index in [1.165, 1.54) is 12.3 Å². The Morgan fingerprint density at radius 1 is 1.14 bits per heavy atom. The van der Waals surface area contributed by atoms with Gasteiger partial charge in [-0.2, -0.15) is 0 Å². The van der Waals surface area contributed by atoms with E-state index in [4.69, 9.17) is 13.7 Å². The number of aromatic nitrogens is 2. The van der Waals surface area contributed by atoms with Crippen molar-refractivity contribution < 1.29 is 23.3 Å². The van der Waals surface area contributed by atoms with Crippen molar-refractivity contribution in [1.29, 1.82) is 0 Å². The molecule has 3 aromatic heterocycles. The van der Waals surface area contributed by atoms with Crippen LogP contribution in [0.4, 0.5) is 5.69 Å². The van der Waals surface area contributed by atoms with Crippen LogP contribution in [0.25, 0.3) is 22.6 Å². The number of benzene rings is 1. The van der Waals surface area contributed by atoms with Gasteiger partial charge in [0.1, 0.15) is 5.69 Å². The third kappa shape index (κ3) is 3.86. The van der Waals surface area contributed by atoms with Gasteiger partial charge >= 0.3 is 5.97 Å². The molecule has 8 heteroatoms. The van der Waals surface area contributed by atoms with Crippen LogP contribution in [0.15, 0.2) is 57.7 Å². The molecule has 0 radical (unpaired) electrons. The van der Waals surface area contributed by atoms with Crippen LogP contribution in [0, 0.1) is 13.8 Å². The molecule has 0 bridgehead atoms. The van der Waals surface area contributed by atoms with Crippen LogP contribution < -0.4 is 5.32 Å². The third-order valence-electron chi connectivity index (χ3n) is 4.28. The van der Waals surface area contributed by atoms with Gasteiger partial charge in [-0.3, -0.25) is 4.79 Å². The lowest BCUT2D eigenvalue weighted by Gasteiger charge is -2.08. The first-order valence-corrected chi connectivity index (χ1v) is 8.86. The van der Waals surface area contributed by atoms with E-state index in [0.717, 1.165) is 5.56 Å². The first-order valence-electron chi connectivity index (χ1n) is 8.86. The molecule has 0 aliphatic carbocycles. The molecule has 0 aliphatic heterocycles. The predicted molar refractivity (Wildman–Crippen MR) is 104 cm³/mol. The summed E-state index contributed by atoms with van der Waals surface area (Å²) in [5.74, 6) is -0.663. The summed E-state index contributed by atoms with van der Waals surface area (Å²) in [6, 6.07) is 12.3. The van der Waals surface area contributed by atoms with Crippen LogP contribution in [0.1, 0.15) is 21.6 Å². The normalized spacial score (nSPS) is 10.8. The van der Waals surface area contributed by atoms with Gasteiger partial charge in [0.25, 0.3) is 11.6 Å². The number of nitrogens with zero attached hydrogens (tertiary/aromatic N) is 2. The molecule has 29 heavy (non-hydrogen) atoms. The molecule has 0 aliphatic rings. The zero-order valence-corrected chi connectivity index (χ0v) is 15.8. The van der Waals surface area contributed by atoms with E-state index < -0.39 is 18.5 Å². The van der Waals surface area contributed by atoms with Crippen molar-refractivity contribution in [3.63, 3.8) is 0 Å². The van der Waals surface area contributed by atoms with E-state index in [0.29, 0.717) is 28.2 Å². The fraction of sp³-hybridized carbons (Fsp3) is 0.143. The number of amides is 1. The van der Waals surface area contributed by atoms with Crippen molar-refractivity contribution in [2.45, 2.75) is 13.8 Å². The number of ether oxygens (including phenoxy) is 1. The van der Waals surface area contributed by atoms with Gasteiger partial charge in [0.15, 0.2) is 12.4 Å². The lowest BCUT2D eigenvalue weighted by atomic mass is 10.1. The van der Waals surface area contributed by atoms with E-state index in [1.54, 1.807) is 31.2 Å². The van der Waals surface area contributed by atoms with Gasteiger partial charge in [-0.05, 0) is 44.2 Å².